The number of hydrogen-bond acceptors (Lipinski definition) is 16. The van der Waals surface area contributed by atoms with Gasteiger partial charge < -0.3 is 15.0 Å². The van der Waals surface area contributed by atoms with Crippen LogP contribution in [0.25, 0.3) is 11.1 Å². The Hall–Kier alpha value is -7.85. The molecule has 0 spiro atoms. The number of anilines is 2. The number of aromatic nitrogens is 5. The first-order valence-electron chi connectivity index (χ1n) is 23.7. The topological polar surface area (TPSA) is 238 Å². The lowest BCUT2D eigenvalue weighted by Gasteiger charge is -2.33. The highest BCUT2D eigenvalue weighted by Crippen LogP contribution is 2.34. The molecule has 0 saturated carbocycles. The van der Waals surface area contributed by atoms with E-state index in [0.717, 1.165) is 17.2 Å². The molecule has 0 bridgehead atoms. The quantitative estimate of drug-likeness (QED) is 0.120. The normalized spacial score (nSPS) is 18.3. The SMILES string of the molecule is COc1cc(F)ccc1-c1cc(Nc2cc(CS(C)(=O)=NC(=O)CN3CCN(Cc4cn(CC(=O)N5CCN(CC#Cc6cccc7c6C(=O)N(C6CCC(=O)NC6=O)C7=O)CC5)nn4)CC3)ccn2)ncc1F. The average Bonchev–Trinajstić information content (AvgIpc) is 3.92. The lowest BCUT2D eigenvalue weighted by atomic mass is 10.0. The number of carbonyl (C=O) groups is 6. The number of halogens is 2. The van der Waals surface area contributed by atoms with Gasteiger partial charge in [-0.2, -0.15) is 4.36 Å². The van der Waals surface area contributed by atoms with Crippen molar-refractivity contribution in [2.24, 2.45) is 4.36 Å². The number of imide groups is 2. The van der Waals surface area contributed by atoms with Crippen molar-refractivity contribution in [3.63, 3.8) is 0 Å². The number of hydrogen-bond donors (Lipinski definition) is 2. The predicted octanol–water partition coefficient (Wildman–Crippen LogP) is 2.30. The Morgan fingerprint density at radius 2 is 1.64 bits per heavy atom. The number of pyridine rings is 2. The van der Waals surface area contributed by atoms with Crippen LogP contribution in [0.5, 0.6) is 5.75 Å². The molecule has 3 fully saturated rings. The van der Waals surface area contributed by atoms with Crippen molar-refractivity contribution in [2.75, 3.05) is 84.1 Å². The highest BCUT2D eigenvalue weighted by Gasteiger charge is 2.45. The summed E-state index contributed by atoms with van der Waals surface area (Å²) in [6, 6.07) is 12.3. The molecule has 3 saturated heterocycles. The van der Waals surface area contributed by atoms with E-state index < -0.39 is 56.9 Å². The maximum Gasteiger partial charge on any atom is 0.267 e. The Balaban J connectivity index is 0.694. The summed E-state index contributed by atoms with van der Waals surface area (Å²) in [6.07, 6.45) is 5.81. The number of methoxy groups -OCH3 is 1. The number of piperazine rings is 2. The second-order valence-corrected chi connectivity index (χ2v) is 20.6. The molecule has 9 rings (SSSR count). The van der Waals surface area contributed by atoms with E-state index in [4.69, 9.17) is 4.74 Å². The summed E-state index contributed by atoms with van der Waals surface area (Å²) in [5.41, 5.74) is 2.45. The number of benzene rings is 2. The van der Waals surface area contributed by atoms with Crippen LogP contribution in [-0.2, 0) is 47.7 Å². The summed E-state index contributed by atoms with van der Waals surface area (Å²) in [6.45, 7) is 5.43. The summed E-state index contributed by atoms with van der Waals surface area (Å²) >= 11 is 0. The molecule has 2 atom stereocenters. The van der Waals surface area contributed by atoms with Gasteiger partial charge in [-0.3, -0.25) is 53.7 Å². The molecule has 5 aromatic rings. The summed E-state index contributed by atoms with van der Waals surface area (Å²) in [4.78, 5) is 94.3. The van der Waals surface area contributed by atoms with Crippen LogP contribution >= 0.6 is 0 Å². The molecule has 0 aliphatic carbocycles. The van der Waals surface area contributed by atoms with E-state index in [1.807, 2.05) is 4.90 Å². The van der Waals surface area contributed by atoms with E-state index in [0.29, 0.717) is 93.6 Å². The van der Waals surface area contributed by atoms with Crippen molar-refractivity contribution in [2.45, 2.75) is 37.7 Å². The molecule has 0 radical (unpaired) electrons. The lowest BCUT2D eigenvalue weighted by Crippen LogP contribution is -2.54. The van der Waals surface area contributed by atoms with Gasteiger partial charge in [0, 0.05) is 101 Å². The van der Waals surface area contributed by atoms with Gasteiger partial charge in [0.25, 0.3) is 17.7 Å². The third kappa shape index (κ3) is 12.0. The number of nitrogens with zero attached hydrogens (tertiary/aromatic N) is 11. The van der Waals surface area contributed by atoms with E-state index in [-0.39, 0.29) is 65.8 Å². The van der Waals surface area contributed by atoms with Crippen LogP contribution in [0.15, 0.2) is 77.6 Å². The van der Waals surface area contributed by atoms with Crippen LogP contribution in [0.1, 0.15) is 50.4 Å². The molecule has 2 N–H and O–H groups in total. The third-order valence-corrected chi connectivity index (χ3v) is 14.4. The Labute approximate surface area is 424 Å². The van der Waals surface area contributed by atoms with E-state index >= 15 is 0 Å². The molecule has 2 aromatic carbocycles. The molecular weight excluding hydrogens is 981 g/mol. The largest absolute Gasteiger partial charge is 0.496 e. The molecule has 74 heavy (non-hydrogen) atoms. The fourth-order valence-electron chi connectivity index (χ4n) is 9.22. The van der Waals surface area contributed by atoms with E-state index in [1.54, 1.807) is 35.4 Å². The average molecular weight is 1030 g/mol. The smallest absolute Gasteiger partial charge is 0.267 e. The van der Waals surface area contributed by atoms with Crippen LogP contribution < -0.4 is 15.4 Å². The van der Waals surface area contributed by atoms with Crippen LogP contribution in [0.2, 0.25) is 0 Å². The van der Waals surface area contributed by atoms with Crippen LogP contribution in [0.3, 0.4) is 0 Å². The minimum atomic E-state index is -2.98. The lowest BCUT2D eigenvalue weighted by molar-refractivity contribution is -0.136. The Bertz CT molecular complexity index is 3240. The van der Waals surface area contributed by atoms with Gasteiger partial charge in [-0.15, -0.1) is 5.10 Å². The molecule has 7 heterocycles. The first-order chi connectivity index (χ1) is 35.6. The fourth-order valence-corrected chi connectivity index (χ4v) is 10.6. The predicted molar refractivity (Wildman–Crippen MR) is 264 cm³/mol. The van der Waals surface area contributed by atoms with Crippen molar-refractivity contribution in [1.29, 1.82) is 0 Å². The van der Waals surface area contributed by atoms with E-state index in [9.17, 15) is 41.8 Å². The van der Waals surface area contributed by atoms with Gasteiger partial charge in [0.15, 0.2) is 0 Å². The zero-order chi connectivity index (χ0) is 52.1. The first kappa shape index (κ1) is 51.1. The summed E-state index contributed by atoms with van der Waals surface area (Å²) < 4.78 is 53.1. The van der Waals surface area contributed by atoms with Crippen molar-refractivity contribution >= 4 is 56.8 Å². The molecule has 24 heteroatoms. The first-order valence-corrected chi connectivity index (χ1v) is 25.8. The minimum absolute atomic E-state index is 0.00839. The second kappa shape index (κ2) is 22.1. The number of ether oxygens (including phenoxy) is 1. The number of fused-ring (bicyclic) bond motifs is 1. The zero-order valence-electron chi connectivity index (χ0n) is 40.5. The summed E-state index contributed by atoms with van der Waals surface area (Å²) in [5.74, 6) is 2.76. The van der Waals surface area contributed by atoms with E-state index in [2.05, 4.69) is 56.9 Å². The summed E-state index contributed by atoms with van der Waals surface area (Å²) in [7, 11) is -1.62. The third-order valence-electron chi connectivity index (χ3n) is 12.9. The minimum Gasteiger partial charge on any atom is -0.496 e. The molecule has 21 nitrogen and oxygen atoms in total. The van der Waals surface area contributed by atoms with Crippen molar-refractivity contribution in [3.05, 3.63) is 113 Å². The van der Waals surface area contributed by atoms with Gasteiger partial charge in [-0.25, -0.2) is 27.6 Å². The van der Waals surface area contributed by atoms with Gasteiger partial charge in [0.05, 0.1) is 64.9 Å². The van der Waals surface area contributed by atoms with Crippen molar-refractivity contribution < 1.29 is 46.5 Å². The second-order valence-electron chi connectivity index (χ2n) is 18.3. The summed E-state index contributed by atoms with van der Waals surface area (Å²) in [5, 5.41) is 13.7. The fraction of sp³-hybridized carbons (Fsp3) is 0.360. The Kier molecular flexibility index (Phi) is 15.2. The molecule has 384 valence electrons. The molecule has 4 aliphatic heterocycles. The monoisotopic (exact) mass is 1030 g/mol. The Morgan fingerprint density at radius 1 is 0.878 bits per heavy atom. The van der Waals surface area contributed by atoms with Crippen LogP contribution in [-0.4, -0.2) is 174 Å². The zero-order valence-corrected chi connectivity index (χ0v) is 41.3. The van der Waals surface area contributed by atoms with Crippen molar-refractivity contribution in [1.82, 2.24) is 54.8 Å². The van der Waals surface area contributed by atoms with Gasteiger partial charge in [0.2, 0.25) is 17.7 Å². The highest BCUT2D eigenvalue weighted by molar-refractivity contribution is 7.92. The maximum absolute atomic E-state index is 14.8. The number of rotatable bonds is 14. The number of piperidine rings is 1. The standard InChI is InChI=1S/C50H51F2N13O8S/c1-73-41-24-34(51)8-9-36(41)38-25-43(54-26-39(38)52)55-42-23-32(12-13-53-42)31-74(2,72)58-45(67)29-62-17-15-61(16-18-62)27-35-28-64(59-57-35)30-46(68)63-21-19-60(20-22-63)14-4-6-33-5-3-7-37-47(33)50(71)65(49(37)70)40-10-11-44(66)56-48(40)69/h3,5,7-9,12-13,23-26,28,40H,10-11,14-22,27,29-31H2,1-2H3,(H,53,54,55)(H,56,66,69). The molecule has 6 amide bonds. The number of nitrogens with one attached hydrogen (secondary N) is 2. The van der Waals surface area contributed by atoms with Crippen molar-refractivity contribution in [3.8, 4) is 28.7 Å². The van der Waals surface area contributed by atoms with Gasteiger partial charge in [-0.1, -0.05) is 23.1 Å². The van der Waals surface area contributed by atoms with Crippen LogP contribution in [0.4, 0.5) is 20.4 Å². The molecular formula is C50H51F2N13O8S. The number of amides is 6. The Morgan fingerprint density at radius 3 is 2.41 bits per heavy atom. The highest BCUT2D eigenvalue weighted by atomic mass is 32.2. The molecule has 4 aliphatic rings. The van der Waals surface area contributed by atoms with E-state index in [1.165, 1.54) is 48.5 Å². The number of carbonyl (C=O) groups excluding carboxylic acids is 6. The van der Waals surface area contributed by atoms with Gasteiger partial charge in [0.1, 0.15) is 41.6 Å². The van der Waals surface area contributed by atoms with Gasteiger partial charge >= 0.3 is 0 Å². The molecule has 3 aromatic heterocycles. The molecule has 2 unspecified atom stereocenters. The van der Waals surface area contributed by atoms with Gasteiger partial charge in [-0.05, 0) is 54.4 Å². The van der Waals surface area contributed by atoms with Crippen LogP contribution in [0, 0.1) is 23.5 Å². The maximum atomic E-state index is 14.8.